The molecule has 0 aromatic carbocycles. The second-order valence-corrected chi connectivity index (χ2v) is 4.82. The van der Waals surface area contributed by atoms with Crippen molar-refractivity contribution in [2.45, 2.75) is 6.92 Å². The molecule has 21 heavy (non-hydrogen) atoms. The van der Waals surface area contributed by atoms with Gasteiger partial charge in [-0.05, 0) is 0 Å². The lowest BCUT2D eigenvalue weighted by molar-refractivity contribution is 0.101. The van der Waals surface area contributed by atoms with Crippen molar-refractivity contribution in [2.24, 2.45) is 0 Å². The van der Waals surface area contributed by atoms with Gasteiger partial charge in [0.25, 0.3) is 0 Å². The molecule has 0 saturated carbocycles. The smallest absolute Gasteiger partial charge is 0.181 e. The topological polar surface area (TPSA) is 92.4 Å². The molecule has 0 fully saturated rings. The van der Waals surface area contributed by atoms with Gasteiger partial charge in [-0.25, -0.2) is 19.9 Å². The maximum Gasteiger partial charge on any atom is 0.181 e. The summed E-state index contributed by atoms with van der Waals surface area (Å²) in [6.07, 6.45) is 2.55. The van der Waals surface area contributed by atoms with E-state index in [1.54, 1.807) is 6.07 Å². The Balaban J connectivity index is 0.000000211. The van der Waals surface area contributed by atoms with Crippen molar-refractivity contribution in [1.29, 1.82) is 5.26 Å². The Morgan fingerprint density at radius 1 is 1.05 bits per heavy atom. The predicted octanol–water partition coefficient (Wildman–Crippen LogP) is 3.64. The van der Waals surface area contributed by atoms with Crippen LogP contribution >= 0.6 is 46.4 Å². The van der Waals surface area contributed by atoms with E-state index in [2.05, 4.69) is 19.9 Å². The molecule has 0 spiro atoms. The number of carbonyl (C=O) groups is 1. The number of hydrogen-bond donors (Lipinski definition) is 0. The zero-order chi connectivity index (χ0) is 16.0. The second-order valence-electron chi connectivity index (χ2n) is 3.33. The van der Waals surface area contributed by atoms with Gasteiger partial charge in [-0.2, -0.15) is 5.26 Å². The highest BCUT2D eigenvalue weighted by molar-refractivity contribution is 6.34. The van der Waals surface area contributed by atoms with E-state index < -0.39 is 0 Å². The van der Waals surface area contributed by atoms with Crippen molar-refractivity contribution >= 4 is 52.2 Å². The zero-order valence-corrected chi connectivity index (χ0v) is 13.3. The maximum absolute atomic E-state index is 10.7. The average Bonchev–Trinajstić information content (AvgIpc) is 2.39. The summed E-state index contributed by atoms with van der Waals surface area (Å²) in [5, 5.41) is 8.78. The largest absolute Gasteiger partial charge is 0.293 e. The summed E-state index contributed by atoms with van der Waals surface area (Å²) in [5.74, 6) is -0.223. The van der Waals surface area contributed by atoms with Gasteiger partial charge in [-0.15, -0.1) is 0 Å². The van der Waals surface area contributed by atoms with Crippen LogP contribution in [0.4, 0.5) is 0 Å². The fraction of sp³-hybridized carbons (Fsp3) is 0.0909. The summed E-state index contributed by atoms with van der Waals surface area (Å²) in [7, 11) is 0. The summed E-state index contributed by atoms with van der Waals surface area (Å²) < 4.78 is 0. The second kappa shape index (κ2) is 8.05. The van der Waals surface area contributed by atoms with Gasteiger partial charge in [0.05, 0.1) is 12.4 Å². The monoisotopic (exact) mass is 363 g/mol. The van der Waals surface area contributed by atoms with Crippen LogP contribution in [0.15, 0.2) is 12.4 Å². The molecule has 0 aliphatic heterocycles. The third kappa shape index (κ3) is 5.40. The summed E-state index contributed by atoms with van der Waals surface area (Å²) in [4.78, 5) is 25.3. The minimum atomic E-state index is -0.223. The van der Waals surface area contributed by atoms with Gasteiger partial charge in [0.1, 0.15) is 22.1 Å². The molecular weight excluding hydrogens is 360 g/mol. The highest BCUT2D eigenvalue weighted by atomic mass is 35.5. The Kier molecular flexibility index (Phi) is 6.72. The molecule has 0 bridgehead atoms. The quantitative estimate of drug-likeness (QED) is 0.717. The van der Waals surface area contributed by atoms with Crippen molar-refractivity contribution in [1.82, 2.24) is 19.9 Å². The lowest BCUT2D eigenvalue weighted by Crippen LogP contribution is -1.99. The van der Waals surface area contributed by atoms with Gasteiger partial charge in [-0.1, -0.05) is 46.4 Å². The molecule has 108 valence electrons. The number of aromatic nitrogens is 4. The molecule has 2 rings (SSSR count). The van der Waals surface area contributed by atoms with E-state index >= 15 is 0 Å². The number of ketones is 1. The normalized spacial score (nSPS) is 9.33. The van der Waals surface area contributed by atoms with E-state index in [9.17, 15) is 4.79 Å². The number of Topliss-reactive ketones (excluding diaryl/α,β-unsaturated/α-hetero) is 1. The standard InChI is InChI=1S/C6H4Cl2N2O.C5HCl2N3/c1-3(11)5-6(8)10-4(7)2-9-5;6-4-2-9-3(1-8)5(7)10-4/h2H,1H3;2H. The van der Waals surface area contributed by atoms with E-state index in [1.807, 2.05) is 0 Å². The summed E-state index contributed by atoms with van der Waals surface area (Å²) in [5.41, 5.74) is 0.238. The Morgan fingerprint density at radius 2 is 1.57 bits per heavy atom. The number of nitrogens with zero attached hydrogens (tertiary/aromatic N) is 5. The first kappa shape index (κ1) is 17.5. The van der Waals surface area contributed by atoms with Crippen molar-refractivity contribution in [3.63, 3.8) is 0 Å². The van der Waals surface area contributed by atoms with Crippen molar-refractivity contribution in [2.75, 3.05) is 0 Å². The zero-order valence-electron chi connectivity index (χ0n) is 10.3. The van der Waals surface area contributed by atoms with Crippen LogP contribution in [-0.4, -0.2) is 25.7 Å². The van der Waals surface area contributed by atoms with Gasteiger partial charge in [0.2, 0.25) is 0 Å². The Hall–Kier alpha value is -1.52. The van der Waals surface area contributed by atoms with Gasteiger partial charge in [0, 0.05) is 6.92 Å². The SMILES string of the molecule is CC(=O)c1ncc(Cl)nc1Cl.N#Cc1ncc(Cl)nc1Cl. The number of hydrogen-bond acceptors (Lipinski definition) is 6. The number of carbonyl (C=O) groups excluding carboxylic acids is 1. The number of nitriles is 1. The highest BCUT2D eigenvalue weighted by Gasteiger charge is 2.08. The van der Waals surface area contributed by atoms with Crippen LogP contribution in [0.5, 0.6) is 0 Å². The Labute approximate surface area is 139 Å². The molecular formula is C11H5Cl4N5O. The van der Waals surface area contributed by atoms with Gasteiger partial charge >= 0.3 is 0 Å². The first-order valence-electron chi connectivity index (χ1n) is 5.12. The molecule has 0 radical (unpaired) electrons. The van der Waals surface area contributed by atoms with E-state index in [1.165, 1.54) is 19.3 Å². The maximum atomic E-state index is 10.7. The average molecular weight is 365 g/mol. The molecule has 0 unspecified atom stereocenters. The summed E-state index contributed by atoms with van der Waals surface area (Å²) >= 11 is 21.9. The summed E-state index contributed by atoms with van der Waals surface area (Å²) in [6, 6.07) is 1.76. The van der Waals surface area contributed by atoms with E-state index in [-0.39, 0.29) is 37.8 Å². The van der Waals surface area contributed by atoms with Crippen molar-refractivity contribution in [3.05, 3.63) is 44.4 Å². The molecule has 0 aliphatic carbocycles. The molecule has 2 aromatic heterocycles. The van der Waals surface area contributed by atoms with Crippen LogP contribution in [0.2, 0.25) is 20.6 Å². The first-order valence-corrected chi connectivity index (χ1v) is 6.63. The number of halogens is 4. The lowest BCUT2D eigenvalue weighted by atomic mass is 10.3. The van der Waals surface area contributed by atoms with Crippen molar-refractivity contribution < 1.29 is 4.79 Å². The first-order chi connectivity index (χ1) is 9.85. The minimum absolute atomic E-state index is 0.0370. The van der Waals surface area contributed by atoms with Crippen LogP contribution in [0, 0.1) is 11.3 Å². The molecule has 0 N–H and O–H groups in total. The molecule has 0 saturated heterocycles. The van der Waals surface area contributed by atoms with Crippen LogP contribution in [0.3, 0.4) is 0 Å². The molecule has 2 heterocycles. The molecule has 6 nitrogen and oxygen atoms in total. The van der Waals surface area contributed by atoms with Gasteiger partial charge in [0.15, 0.2) is 21.8 Å². The van der Waals surface area contributed by atoms with Crippen LogP contribution in [0.1, 0.15) is 23.1 Å². The number of rotatable bonds is 1. The Morgan fingerprint density at radius 3 is 2.00 bits per heavy atom. The lowest BCUT2D eigenvalue weighted by Gasteiger charge is -1.96. The van der Waals surface area contributed by atoms with Crippen LogP contribution in [0.25, 0.3) is 0 Å². The fourth-order valence-electron chi connectivity index (χ4n) is 1.00. The molecule has 0 amide bonds. The van der Waals surface area contributed by atoms with Crippen LogP contribution < -0.4 is 0 Å². The molecule has 2 aromatic rings. The molecule has 10 heteroatoms. The predicted molar refractivity (Wildman–Crippen MR) is 78.8 cm³/mol. The van der Waals surface area contributed by atoms with Crippen molar-refractivity contribution in [3.8, 4) is 6.07 Å². The van der Waals surface area contributed by atoms with E-state index in [0.29, 0.717) is 0 Å². The Bertz CT molecular complexity index is 716. The third-order valence-electron chi connectivity index (χ3n) is 1.84. The molecule has 0 aliphatic rings. The van der Waals surface area contributed by atoms with Gasteiger partial charge < -0.3 is 0 Å². The van der Waals surface area contributed by atoms with Crippen LogP contribution in [-0.2, 0) is 0 Å². The van der Waals surface area contributed by atoms with E-state index in [4.69, 9.17) is 51.7 Å². The molecule has 0 atom stereocenters. The highest BCUT2D eigenvalue weighted by Crippen LogP contribution is 2.13. The van der Waals surface area contributed by atoms with Gasteiger partial charge in [-0.3, -0.25) is 4.79 Å². The summed E-state index contributed by atoms with van der Waals surface area (Å²) in [6.45, 7) is 1.36. The minimum Gasteiger partial charge on any atom is -0.293 e. The fourth-order valence-corrected chi connectivity index (χ4v) is 1.81. The van der Waals surface area contributed by atoms with E-state index in [0.717, 1.165) is 0 Å². The third-order valence-corrected chi connectivity index (χ3v) is 2.73.